The summed E-state index contributed by atoms with van der Waals surface area (Å²) < 4.78 is 13.3. The van der Waals surface area contributed by atoms with E-state index in [1.54, 1.807) is 24.4 Å². The number of hydrogen-bond acceptors (Lipinski definition) is 3. The van der Waals surface area contributed by atoms with Gasteiger partial charge in [-0.25, -0.2) is 4.39 Å². The van der Waals surface area contributed by atoms with Crippen LogP contribution in [-0.4, -0.2) is 46.3 Å². The van der Waals surface area contributed by atoms with Crippen LogP contribution in [0.4, 0.5) is 4.39 Å². The Bertz CT molecular complexity index is 616. The molecule has 0 saturated carbocycles. The third kappa shape index (κ3) is 2.06. The van der Waals surface area contributed by atoms with Gasteiger partial charge in [0.25, 0.3) is 5.91 Å². The van der Waals surface area contributed by atoms with Crippen LogP contribution in [0.2, 0.25) is 0 Å². The first-order valence-electron chi connectivity index (χ1n) is 6.12. The summed E-state index contributed by atoms with van der Waals surface area (Å²) >= 11 is 0. The summed E-state index contributed by atoms with van der Waals surface area (Å²) in [6, 6.07) is 8.85. The molecule has 1 aromatic carbocycles. The molecule has 0 unspecified atom stereocenters. The van der Waals surface area contributed by atoms with Gasteiger partial charge in [-0.3, -0.25) is 9.78 Å². The highest BCUT2D eigenvalue weighted by Gasteiger charge is 2.34. The number of fused-ring (bicyclic) bond motifs is 1. The van der Waals surface area contributed by atoms with Gasteiger partial charge in [0, 0.05) is 23.7 Å². The molecule has 5 heteroatoms. The zero-order valence-electron chi connectivity index (χ0n) is 10.2. The maximum Gasteiger partial charge on any atom is 0.254 e. The fraction of sp³-hybridized carbons (Fsp3) is 0.286. The normalized spacial score (nSPS) is 22.9. The van der Waals surface area contributed by atoms with Gasteiger partial charge in [-0.05, 0) is 18.2 Å². The zero-order chi connectivity index (χ0) is 13.4. The van der Waals surface area contributed by atoms with Crippen molar-refractivity contribution in [1.82, 2.24) is 9.88 Å². The third-order valence-electron chi connectivity index (χ3n) is 3.38. The molecule has 2 atom stereocenters. The van der Waals surface area contributed by atoms with E-state index in [9.17, 15) is 14.3 Å². The number of rotatable bonds is 1. The van der Waals surface area contributed by atoms with Crippen molar-refractivity contribution >= 4 is 16.8 Å². The van der Waals surface area contributed by atoms with E-state index in [2.05, 4.69) is 4.98 Å². The predicted molar refractivity (Wildman–Crippen MR) is 68.5 cm³/mol. The van der Waals surface area contributed by atoms with Crippen LogP contribution in [-0.2, 0) is 0 Å². The first kappa shape index (κ1) is 12.0. The maximum absolute atomic E-state index is 13.3. The van der Waals surface area contributed by atoms with Gasteiger partial charge in [0.1, 0.15) is 12.3 Å². The van der Waals surface area contributed by atoms with Crippen LogP contribution in [0.1, 0.15) is 10.4 Å². The molecule has 1 aromatic heterocycles. The Kier molecular flexibility index (Phi) is 2.91. The zero-order valence-corrected chi connectivity index (χ0v) is 10.2. The van der Waals surface area contributed by atoms with Crippen LogP contribution in [0.5, 0.6) is 0 Å². The van der Waals surface area contributed by atoms with Crippen LogP contribution >= 0.6 is 0 Å². The van der Waals surface area contributed by atoms with Gasteiger partial charge >= 0.3 is 0 Å². The highest BCUT2D eigenvalue weighted by molar-refractivity contribution is 6.06. The van der Waals surface area contributed by atoms with Crippen molar-refractivity contribution in [2.75, 3.05) is 13.1 Å². The summed E-state index contributed by atoms with van der Waals surface area (Å²) in [5.41, 5.74) is 1.22. The van der Waals surface area contributed by atoms with Crippen molar-refractivity contribution in [1.29, 1.82) is 0 Å². The monoisotopic (exact) mass is 260 g/mol. The number of pyridine rings is 1. The number of halogens is 1. The van der Waals surface area contributed by atoms with Crippen LogP contribution in [0.25, 0.3) is 10.9 Å². The minimum absolute atomic E-state index is 0.0383. The first-order chi connectivity index (χ1) is 9.16. The third-order valence-corrected chi connectivity index (χ3v) is 3.38. The van der Waals surface area contributed by atoms with E-state index in [-0.39, 0.29) is 19.0 Å². The van der Waals surface area contributed by atoms with Gasteiger partial charge in [0.2, 0.25) is 0 Å². The van der Waals surface area contributed by atoms with Crippen LogP contribution in [0.3, 0.4) is 0 Å². The summed E-state index contributed by atoms with van der Waals surface area (Å²) in [5.74, 6) is -0.266. The average Bonchev–Trinajstić information content (AvgIpc) is 2.77. The summed E-state index contributed by atoms with van der Waals surface area (Å²) in [6.07, 6.45) is -0.789. The molecule has 0 aliphatic carbocycles. The Morgan fingerprint density at radius 1 is 1.32 bits per heavy atom. The number of carbonyl (C=O) groups excluding carboxylic acids is 1. The van der Waals surface area contributed by atoms with Gasteiger partial charge in [0.15, 0.2) is 0 Å². The highest BCUT2D eigenvalue weighted by Crippen LogP contribution is 2.21. The van der Waals surface area contributed by atoms with Crippen molar-refractivity contribution < 1.29 is 14.3 Å². The van der Waals surface area contributed by atoms with Crippen LogP contribution in [0, 0.1) is 0 Å². The van der Waals surface area contributed by atoms with Gasteiger partial charge in [-0.2, -0.15) is 0 Å². The molecular formula is C14H13FN2O2. The number of likely N-dealkylation sites (tertiary alicyclic amines) is 1. The molecule has 1 aliphatic rings. The van der Waals surface area contributed by atoms with E-state index in [1.165, 1.54) is 4.90 Å². The Morgan fingerprint density at radius 3 is 2.89 bits per heavy atom. The van der Waals surface area contributed by atoms with E-state index in [4.69, 9.17) is 0 Å². The number of aliphatic hydroxyl groups is 1. The molecule has 0 spiro atoms. The summed E-state index contributed by atoms with van der Waals surface area (Å²) in [5, 5.41) is 10.1. The number of amides is 1. The molecule has 3 rings (SSSR count). The lowest BCUT2D eigenvalue weighted by molar-refractivity contribution is 0.0766. The summed E-state index contributed by atoms with van der Waals surface area (Å²) in [4.78, 5) is 17.9. The van der Waals surface area contributed by atoms with E-state index < -0.39 is 12.3 Å². The number of aromatic nitrogens is 1. The Balaban J connectivity index is 1.98. The van der Waals surface area contributed by atoms with Crippen molar-refractivity contribution in [2.24, 2.45) is 0 Å². The van der Waals surface area contributed by atoms with E-state index in [1.807, 2.05) is 12.1 Å². The van der Waals surface area contributed by atoms with E-state index in [0.29, 0.717) is 5.56 Å². The van der Waals surface area contributed by atoms with Crippen molar-refractivity contribution in [3.8, 4) is 0 Å². The Hall–Kier alpha value is -2.01. The van der Waals surface area contributed by atoms with Crippen molar-refractivity contribution in [2.45, 2.75) is 12.3 Å². The second-order valence-electron chi connectivity index (χ2n) is 4.67. The first-order valence-corrected chi connectivity index (χ1v) is 6.12. The fourth-order valence-electron chi connectivity index (χ4n) is 2.37. The Morgan fingerprint density at radius 2 is 2.16 bits per heavy atom. The number of hydrogen-bond donors (Lipinski definition) is 1. The van der Waals surface area contributed by atoms with Gasteiger partial charge < -0.3 is 10.0 Å². The molecule has 2 aromatic rings. The second-order valence-corrected chi connectivity index (χ2v) is 4.67. The van der Waals surface area contributed by atoms with Crippen LogP contribution in [0.15, 0.2) is 36.5 Å². The lowest BCUT2D eigenvalue weighted by atomic mass is 10.1. The standard InChI is InChI=1S/C14H13FN2O2/c15-11-7-17(8-13(11)18)14(19)10-3-1-5-12-9(10)4-2-6-16-12/h1-6,11,13,18H,7-8H2/t11-,13-/m1/s1. The average molecular weight is 260 g/mol. The predicted octanol–water partition coefficient (Wildman–Crippen LogP) is 1.39. The number of β-amino-alcohol motifs (C(OH)–C–C–N with tert-alkyl or cyclic N) is 1. The second kappa shape index (κ2) is 4.59. The highest BCUT2D eigenvalue weighted by atomic mass is 19.1. The molecular weight excluding hydrogens is 247 g/mol. The summed E-state index contributed by atoms with van der Waals surface area (Å²) in [7, 11) is 0. The van der Waals surface area contributed by atoms with Crippen molar-refractivity contribution in [3.63, 3.8) is 0 Å². The molecule has 19 heavy (non-hydrogen) atoms. The molecule has 4 nitrogen and oxygen atoms in total. The minimum atomic E-state index is -1.36. The molecule has 1 N–H and O–H groups in total. The number of aliphatic hydroxyl groups excluding tert-OH is 1. The smallest absolute Gasteiger partial charge is 0.254 e. The summed E-state index contributed by atoms with van der Waals surface area (Å²) in [6.45, 7) is -0.0205. The lowest BCUT2D eigenvalue weighted by Gasteiger charge is -2.16. The molecule has 2 heterocycles. The molecule has 0 radical (unpaired) electrons. The SMILES string of the molecule is O=C(c1cccc2ncccc12)N1C[C@@H](O)[C@H](F)C1. The van der Waals surface area contributed by atoms with E-state index >= 15 is 0 Å². The molecule has 1 saturated heterocycles. The van der Waals surface area contributed by atoms with E-state index in [0.717, 1.165) is 10.9 Å². The molecule has 1 fully saturated rings. The van der Waals surface area contributed by atoms with Gasteiger partial charge in [-0.15, -0.1) is 0 Å². The quantitative estimate of drug-likeness (QED) is 0.843. The number of alkyl halides is 1. The topological polar surface area (TPSA) is 53.4 Å². The molecule has 0 bridgehead atoms. The van der Waals surface area contributed by atoms with Gasteiger partial charge in [-0.1, -0.05) is 12.1 Å². The minimum Gasteiger partial charge on any atom is -0.388 e. The van der Waals surface area contributed by atoms with Gasteiger partial charge in [0.05, 0.1) is 12.1 Å². The lowest BCUT2D eigenvalue weighted by Crippen LogP contribution is -2.29. The molecule has 98 valence electrons. The fourth-order valence-corrected chi connectivity index (χ4v) is 2.37. The maximum atomic E-state index is 13.3. The number of nitrogens with zero attached hydrogens (tertiary/aromatic N) is 2. The molecule has 1 aliphatic heterocycles. The molecule has 1 amide bonds. The van der Waals surface area contributed by atoms with Crippen molar-refractivity contribution in [3.05, 3.63) is 42.1 Å². The van der Waals surface area contributed by atoms with Crippen LogP contribution < -0.4 is 0 Å². The number of benzene rings is 1. The largest absolute Gasteiger partial charge is 0.388 e. The Labute approximate surface area is 109 Å². The number of carbonyl (C=O) groups is 1.